The van der Waals surface area contributed by atoms with Gasteiger partial charge in [-0.3, -0.25) is 92.0 Å². The topological polar surface area (TPSA) is 307 Å². The largest absolute Gasteiger partial charge is 0.478 e. The van der Waals surface area contributed by atoms with Crippen LogP contribution in [0.25, 0.3) is 0 Å². The van der Waals surface area contributed by atoms with E-state index in [2.05, 4.69) is 74.4 Å². The van der Waals surface area contributed by atoms with Gasteiger partial charge < -0.3 is 29.8 Å². The fourth-order valence-electron chi connectivity index (χ4n) is 2.66. The van der Waals surface area contributed by atoms with Crippen molar-refractivity contribution in [3.8, 4) is 0 Å². The molecule has 0 aromatic heterocycles. The van der Waals surface area contributed by atoms with E-state index in [0.717, 1.165) is 6.54 Å². The van der Waals surface area contributed by atoms with E-state index < -0.39 is 44.3 Å². The quantitative estimate of drug-likeness (QED) is 0.0524. The first-order chi connectivity index (χ1) is 35.1. The van der Waals surface area contributed by atoms with Gasteiger partial charge in [0.2, 0.25) is 0 Å². The molecule has 0 aliphatic carbocycles. The highest BCUT2D eigenvalue weighted by atomic mass is 36.0. The van der Waals surface area contributed by atoms with Crippen LogP contribution < -0.4 is 0 Å². The van der Waals surface area contributed by atoms with Crippen molar-refractivity contribution in [2.24, 2.45) is 0 Å². The molecule has 2 N–H and O–H groups in total. The van der Waals surface area contributed by atoms with Crippen LogP contribution in [-0.4, -0.2) is 306 Å². The Kier molecular flexibility index (Phi) is 70.9. The van der Waals surface area contributed by atoms with Crippen molar-refractivity contribution in [3.05, 3.63) is 0 Å². The van der Waals surface area contributed by atoms with Crippen LogP contribution >= 0.6 is 78.0 Å². The van der Waals surface area contributed by atoms with Gasteiger partial charge in [0, 0.05) is 90.2 Å². The Morgan fingerprint density at radius 1 is 0.299 bits per heavy atom. The first kappa shape index (κ1) is 94.6. The molecule has 0 radical (unpaired) electrons. The number of phosphoric ester groups is 5. The monoisotopic (exact) mass is 1320 g/mol. The third-order valence-electron chi connectivity index (χ3n) is 6.63. The molecule has 0 aliphatic rings. The summed E-state index contributed by atoms with van der Waals surface area (Å²) in [4.78, 5) is 14.7. The summed E-state index contributed by atoms with van der Waals surface area (Å²) in [5, 5.41) is 13.0. The number of aliphatic hydroxyl groups excluding tert-OH is 2. The third-order valence-corrected chi connectivity index (χ3v) is 13.4. The number of hydrogen-bond acceptors (Lipinski definition) is 31. The molecule has 0 heterocycles. The molecule has 31 nitrogen and oxygen atoms in total. The first-order valence-corrected chi connectivity index (χ1v) is 33.8. The Hall–Kier alpha value is 1.25. The average Bonchev–Trinajstić information content (AvgIpc) is 3.34. The number of hydrogen-bond donors (Lipinski definition) is 2. The number of rotatable bonds is 33. The van der Waals surface area contributed by atoms with Crippen molar-refractivity contribution in [1.82, 2.24) is 39.2 Å². The molecule has 0 fully saturated rings. The molecule has 0 amide bonds. The van der Waals surface area contributed by atoms with Gasteiger partial charge in [0.15, 0.2) is 0 Å². The molecule has 0 atom stereocenters. The minimum Gasteiger partial charge on any atom is -0.395 e. The normalized spacial score (nSPS) is 12.1. The number of phosphoric acid groups is 5. The second-order valence-corrected chi connectivity index (χ2v) is 31.9. The molecule has 0 saturated heterocycles. The van der Waals surface area contributed by atoms with E-state index in [9.17, 15) is 27.4 Å². The van der Waals surface area contributed by atoms with Crippen LogP contribution in [0.3, 0.4) is 0 Å². The highest BCUT2D eigenvalue weighted by Crippen LogP contribution is 2.61. The fourth-order valence-corrected chi connectivity index (χ4v) is 6.48. The van der Waals surface area contributed by atoms with Gasteiger partial charge in [-0.25, -0.2) is 22.8 Å². The van der Waals surface area contributed by atoms with Crippen molar-refractivity contribution in [1.29, 1.82) is 0 Å². The summed E-state index contributed by atoms with van der Waals surface area (Å²) < 4.78 is 137. The smallest absolute Gasteiger partial charge is 0.395 e. The highest BCUT2D eigenvalue weighted by Gasteiger charge is 2.28. The predicted octanol–water partition coefficient (Wildman–Crippen LogP) is 6.48. The van der Waals surface area contributed by atoms with E-state index in [1.54, 1.807) is 33.7 Å². The lowest BCUT2D eigenvalue weighted by molar-refractivity contribution is 0.0354. The summed E-state index contributed by atoms with van der Waals surface area (Å²) in [7, 11) is 24.7. The van der Waals surface area contributed by atoms with E-state index in [-0.39, 0.29) is 33.5 Å². The minimum absolute atomic E-state index is 0.139. The van der Waals surface area contributed by atoms with Crippen LogP contribution in [0.2, 0.25) is 0 Å². The van der Waals surface area contributed by atoms with Gasteiger partial charge in [0.25, 0.3) is 0 Å². The molecule has 0 rings (SSSR count). The Balaban J connectivity index is -0.000000125. The van der Waals surface area contributed by atoms with Crippen LogP contribution in [0.5, 0.6) is 0 Å². The fraction of sp³-hybridized carbons (Fsp3) is 1.00. The lowest BCUT2D eigenvalue weighted by Gasteiger charge is -2.22. The molecule has 0 aromatic carbocycles. The van der Waals surface area contributed by atoms with Gasteiger partial charge in [-0.2, -0.15) is 0 Å². The van der Waals surface area contributed by atoms with E-state index in [0.29, 0.717) is 39.5 Å². The van der Waals surface area contributed by atoms with Gasteiger partial charge in [-0.05, 0) is 146 Å². The van der Waals surface area contributed by atoms with Crippen molar-refractivity contribution in [3.63, 3.8) is 0 Å². The molecule has 478 valence electrons. The van der Waals surface area contributed by atoms with Gasteiger partial charge in [0.1, 0.15) is 20.2 Å². The molecule has 0 aliphatic heterocycles. The van der Waals surface area contributed by atoms with Crippen molar-refractivity contribution < 1.29 is 105 Å². The number of nitrogens with zero attached hydrogens (tertiary/aromatic N) is 8. The van der Waals surface area contributed by atoms with Crippen LogP contribution in [-0.2, 0) is 95.2 Å². The third kappa shape index (κ3) is 83.8. The van der Waals surface area contributed by atoms with Gasteiger partial charge in [0.05, 0.1) is 33.2 Å². The molecule has 77 heavy (non-hydrogen) atoms. The van der Waals surface area contributed by atoms with Crippen LogP contribution in [0.15, 0.2) is 0 Å². The van der Waals surface area contributed by atoms with Crippen LogP contribution in [0.4, 0.5) is 0 Å². The average molecular weight is 1320 g/mol. The molecular weight excluding hydrogens is 1220 g/mol. The van der Waals surface area contributed by atoms with Gasteiger partial charge in [-0.15, -0.1) is 0 Å². The van der Waals surface area contributed by atoms with E-state index >= 15 is 0 Å². The number of likely N-dealkylation sites (N-methyl/N-ethyl adjacent to an activating group) is 4. The lowest BCUT2D eigenvalue weighted by atomic mass is 10.6. The molecule has 0 unspecified atom stereocenters. The number of halogens is 3. The summed E-state index contributed by atoms with van der Waals surface area (Å²) in [6, 6.07) is 0. The van der Waals surface area contributed by atoms with Crippen molar-refractivity contribution in [2.45, 2.75) is 0 Å². The van der Waals surface area contributed by atoms with Crippen LogP contribution in [0, 0.1) is 0 Å². The maximum atomic E-state index is 12.4. The summed E-state index contributed by atoms with van der Waals surface area (Å²) in [5.41, 5.74) is 0. The Morgan fingerprint density at radius 2 is 0.468 bits per heavy atom. The Morgan fingerprint density at radius 3 is 0.558 bits per heavy atom. The summed E-state index contributed by atoms with van der Waals surface area (Å²) in [6.45, 7) is 4.63. The molecule has 0 saturated carbocycles. The van der Waals surface area contributed by atoms with Gasteiger partial charge >= 0.3 is 44.3 Å². The second kappa shape index (κ2) is 57.7. The summed E-state index contributed by atoms with van der Waals surface area (Å²) in [5.74, 6) is 0. The van der Waals surface area contributed by atoms with E-state index in [1.807, 2.05) is 118 Å². The molecular formula is C37H101Cl3N8O23P6. The summed E-state index contributed by atoms with van der Waals surface area (Å²) in [6.07, 6.45) is 0. The lowest BCUT2D eigenvalue weighted by Crippen LogP contribution is -2.22. The SMILES string of the molecule is CN(C)CCO.CN(C)CCOP(=O)(OCCN(C)C)OCCN(C)C.CN(C)CO.CN(C)COP(=O)(OCN(C)C)OCN(C)C.COP(=O)(OC)OC.COP(=O)(OC)OC.COP(=O)(OC)OC.O=P(Cl)(Cl)Cl. The molecule has 40 heteroatoms. The second-order valence-electron chi connectivity index (χ2n) is 15.9. The maximum Gasteiger partial charge on any atom is 0.478 e. The number of aliphatic hydroxyl groups is 2. The van der Waals surface area contributed by atoms with Crippen molar-refractivity contribution in [2.75, 3.05) is 256 Å². The Bertz CT molecular complexity index is 1380. The minimum atomic E-state index is -3.51. The standard InChI is InChI=1S/C12H30N3O4P.C9H24N3O4P.C4H11NO.C3H9NO.3C3H9O4P.Cl3OP/c1-13(2)7-10-17-20(16,18-11-8-14(3)4)19-12-9-15(5)6;1-10(2)7-14-17(13,15-8-11(3)4)16-9-12(5)6;1-5(2)3-4-6;1-4(2)3-5;3*1-5-8(4,6-2)7-3;1-5(2,3)4/h7-12H2,1-6H3;7-9H2,1-6H3;6H,3-4H2,1-2H3;5H,3H2,1-2H3;3*1-3H3;. The van der Waals surface area contributed by atoms with E-state index in [4.69, 9.17) is 37.4 Å². The zero-order chi connectivity index (χ0) is 62.7. The first-order valence-electron chi connectivity index (χ1n) is 22.1. The zero-order valence-electron chi connectivity index (χ0n) is 50.3. The molecule has 0 bridgehead atoms. The highest BCUT2D eigenvalue weighted by molar-refractivity contribution is 8.24. The molecule has 0 aromatic rings. The predicted molar refractivity (Wildman–Crippen MR) is 305 cm³/mol. The Labute approximate surface area is 477 Å². The van der Waals surface area contributed by atoms with Crippen LogP contribution in [0.1, 0.15) is 0 Å². The van der Waals surface area contributed by atoms with Gasteiger partial charge in [-0.1, -0.05) is 0 Å². The summed E-state index contributed by atoms with van der Waals surface area (Å²) >= 11 is 13.8. The maximum absolute atomic E-state index is 12.4. The molecule has 0 spiro atoms. The van der Waals surface area contributed by atoms with Crippen molar-refractivity contribution >= 4 is 78.0 Å². The van der Waals surface area contributed by atoms with E-state index in [1.165, 1.54) is 64.0 Å². The zero-order valence-corrected chi connectivity index (χ0v) is 58.0.